The van der Waals surface area contributed by atoms with Crippen molar-refractivity contribution in [3.63, 3.8) is 0 Å². The molecule has 1 unspecified atom stereocenters. The number of hydrogen-bond donors (Lipinski definition) is 1. The van der Waals surface area contributed by atoms with Gasteiger partial charge in [-0.15, -0.1) is 11.8 Å². The lowest BCUT2D eigenvalue weighted by atomic mass is 10.2. The van der Waals surface area contributed by atoms with Gasteiger partial charge >= 0.3 is 0 Å². The number of nitrogens with two attached hydrogens (primary N) is 1. The lowest BCUT2D eigenvalue weighted by Gasteiger charge is -2.29. The molecule has 1 aliphatic rings. The predicted octanol–water partition coefficient (Wildman–Crippen LogP) is 1.21. The van der Waals surface area contributed by atoms with Crippen molar-refractivity contribution in [1.82, 2.24) is 4.98 Å². The molecule has 1 aromatic heterocycles. The molecular formula is C10H14N2OS. The molecule has 0 bridgehead atoms. The predicted molar refractivity (Wildman–Crippen MR) is 58.2 cm³/mol. The largest absolute Gasteiger partial charge is 0.379 e. The molecule has 0 aromatic carbocycles. The van der Waals surface area contributed by atoms with Crippen molar-refractivity contribution in [2.24, 2.45) is 5.73 Å². The number of ether oxygens (including phenoxy) is 1. The summed E-state index contributed by atoms with van der Waals surface area (Å²) in [6.07, 6.45) is 3.63. The number of thioether (sulfide) groups is 1. The molecule has 1 fully saturated rings. The van der Waals surface area contributed by atoms with Gasteiger partial charge in [0.1, 0.15) is 0 Å². The molecular weight excluding hydrogens is 196 g/mol. The van der Waals surface area contributed by atoms with Crippen LogP contribution in [-0.4, -0.2) is 30.0 Å². The summed E-state index contributed by atoms with van der Waals surface area (Å²) in [6.45, 7) is 2.41. The normalized spacial score (nSPS) is 18.9. The van der Waals surface area contributed by atoms with E-state index in [0.717, 1.165) is 13.2 Å². The second kappa shape index (κ2) is 4.77. The first kappa shape index (κ1) is 9.96. The van der Waals surface area contributed by atoms with Crippen LogP contribution in [0, 0.1) is 0 Å². The number of pyridine rings is 1. The lowest BCUT2D eigenvalue weighted by molar-refractivity contribution is 0.0453. The van der Waals surface area contributed by atoms with E-state index >= 15 is 0 Å². The highest BCUT2D eigenvalue weighted by molar-refractivity contribution is 8.00. The first-order valence-corrected chi connectivity index (χ1v) is 5.67. The number of nitrogens with zero attached hydrogens (tertiary/aromatic N) is 1. The van der Waals surface area contributed by atoms with Crippen LogP contribution in [0.15, 0.2) is 24.5 Å². The van der Waals surface area contributed by atoms with E-state index in [0.29, 0.717) is 17.0 Å². The van der Waals surface area contributed by atoms with E-state index in [4.69, 9.17) is 10.5 Å². The molecule has 1 aromatic rings. The van der Waals surface area contributed by atoms with Gasteiger partial charge in [0.05, 0.1) is 18.5 Å². The van der Waals surface area contributed by atoms with Gasteiger partial charge in [0.25, 0.3) is 0 Å². The molecule has 4 heteroatoms. The molecule has 0 saturated carbocycles. The van der Waals surface area contributed by atoms with Crippen molar-refractivity contribution < 1.29 is 4.74 Å². The minimum Gasteiger partial charge on any atom is -0.379 e. The van der Waals surface area contributed by atoms with E-state index in [1.54, 1.807) is 0 Å². The van der Waals surface area contributed by atoms with Gasteiger partial charge in [0.15, 0.2) is 0 Å². The Hall–Kier alpha value is -0.580. The van der Waals surface area contributed by atoms with Gasteiger partial charge in [-0.1, -0.05) is 0 Å². The molecule has 1 saturated heterocycles. The van der Waals surface area contributed by atoms with Gasteiger partial charge in [-0.05, 0) is 17.7 Å². The molecule has 1 aliphatic heterocycles. The van der Waals surface area contributed by atoms with E-state index in [2.05, 4.69) is 4.98 Å². The Morgan fingerprint density at radius 1 is 1.50 bits per heavy atom. The van der Waals surface area contributed by atoms with E-state index in [9.17, 15) is 0 Å². The SMILES string of the molecule is NCC(SC1COC1)c1ccncc1. The summed E-state index contributed by atoms with van der Waals surface area (Å²) in [6, 6.07) is 4.06. The molecule has 2 N–H and O–H groups in total. The molecule has 1 atom stereocenters. The zero-order valence-corrected chi connectivity index (χ0v) is 8.74. The fraction of sp³-hybridized carbons (Fsp3) is 0.500. The third kappa shape index (κ3) is 2.26. The lowest BCUT2D eigenvalue weighted by Crippen LogP contribution is -2.32. The van der Waals surface area contributed by atoms with Crippen LogP contribution >= 0.6 is 11.8 Å². The summed E-state index contributed by atoms with van der Waals surface area (Å²) >= 11 is 1.91. The van der Waals surface area contributed by atoms with Crippen LogP contribution in [0.1, 0.15) is 10.8 Å². The molecule has 0 aliphatic carbocycles. The molecule has 0 radical (unpaired) electrons. The fourth-order valence-corrected chi connectivity index (χ4v) is 2.61. The van der Waals surface area contributed by atoms with E-state index in [1.807, 2.05) is 36.3 Å². The molecule has 0 spiro atoms. The average Bonchev–Trinajstić information content (AvgIpc) is 2.18. The van der Waals surface area contributed by atoms with E-state index in [1.165, 1.54) is 5.56 Å². The van der Waals surface area contributed by atoms with Crippen LogP contribution < -0.4 is 5.73 Å². The molecule has 14 heavy (non-hydrogen) atoms. The third-order valence-corrected chi connectivity index (χ3v) is 3.71. The van der Waals surface area contributed by atoms with Crippen LogP contribution in [0.4, 0.5) is 0 Å². The Morgan fingerprint density at radius 2 is 2.21 bits per heavy atom. The van der Waals surface area contributed by atoms with Crippen LogP contribution in [0.3, 0.4) is 0 Å². The third-order valence-electron chi connectivity index (χ3n) is 2.26. The molecule has 3 nitrogen and oxygen atoms in total. The average molecular weight is 210 g/mol. The van der Waals surface area contributed by atoms with Crippen LogP contribution in [0.5, 0.6) is 0 Å². The Morgan fingerprint density at radius 3 is 2.71 bits per heavy atom. The summed E-state index contributed by atoms with van der Waals surface area (Å²) in [4.78, 5) is 4.00. The summed E-state index contributed by atoms with van der Waals surface area (Å²) in [5, 5.41) is 1.00. The second-order valence-corrected chi connectivity index (χ2v) is 4.81. The summed E-state index contributed by atoms with van der Waals surface area (Å²) in [7, 11) is 0. The maximum absolute atomic E-state index is 5.75. The molecule has 0 amide bonds. The van der Waals surface area contributed by atoms with Crippen molar-refractivity contribution in [2.45, 2.75) is 10.5 Å². The Bertz CT molecular complexity index is 277. The topological polar surface area (TPSA) is 48.1 Å². The van der Waals surface area contributed by atoms with Gasteiger partial charge < -0.3 is 10.5 Å². The Labute approximate surface area is 88.0 Å². The summed E-state index contributed by atoms with van der Waals surface area (Å²) in [5.74, 6) is 0. The van der Waals surface area contributed by atoms with Crippen LogP contribution in [0.25, 0.3) is 0 Å². The monoisotopic (exact) mass is 210 g/mol. The van der Waals surface area contributed by atoms with Crippen molar-refractivity contribution in [1.29, 1.82) is 0 Å². The van der Waals surface area contributed by atoms with Gasteiger partial charge in [-0.3, -0.25) is 4.98 Å². The van der Waals surface area contributed by atoms with Crippen LogP contribution in [0.2, 0.25) is 0 Å². The first-order chi connectivity index (χ1) is 6.90. The van der Waals surface area contributed by atoms with E-state index < -0.39 is 0 Å². The number of aromatic nitrogens is 1. The fourth-order valence-electron chi connectivity index (χ4n) is 1.37. The van der Waals surface area contributed by atoms with Crippen LogP contribution in [-0.2, 0) is 4.74 Å². The van der Waals surface area contributed by atoms with Gasteiger partial charge in [-0.2, -0.15) is 0 Å². The van der Waals surface area contributed by atoms with Crippen molar-refractivity contribution in [2.75, 3.05) is 19.8 Å². The molecule has 2 rings (SSSR count). The quantitative estimate of drug-likeness (QED) is 0.811. The Balaban J connectivity index is 1.98. The Kier molecular flexibility index (Phi) is 3.39. The maximum atomic E-state index is 5.75. The zero-order valence-electron chi connectivity index (χ0n) is 7.93. The second-order valence-electron chi connectivity index (χ2n) is 3.30. The highest BCUT2D eigenvalue weighted by Crippen LogP contribution is 2.33. The van der Waals surface area contributed by atoms with Gasteiger partial charge in [0.2, 0.25) is 0 Å². The summed E-state index contributed by atoms with van der Waals surface area (Å²) < 4.78 is 5.14. The first-order valence-electron chi connectivity index (χ1n) is 4.73. The smallest absolute Gasteiger partial charge is 0.0608 e. The highest BCUT2D eigenvalue weighted by Gasteiger charge is 2.23. The minimum atomic E-state index is 0.381. The maximum Gasteiger partial charge on any atom is 0.0608 e. The molecule has 76 valence electrons. The highest BCUT2D eigenvalue weighted by atomic mass is 32.2. The zero-order chi connectivity index (χ0) is 9.80. The van der Waals surface area contributed by atoms with Crippen molar-refractivity contribution >= 4 is 11.8 Å². The van der Waals surface area contributed by atoms with Gasteiger partial charge in [-0.25, -0.2) is 0 Å². The van der Waals surface area contributed by atoms with Gasteiger partial charge in [0, 0.05) is 24.2 Å². The standard InChI is InChI=1S/C10H14N2OS/c11-5-10(14-9-6-13-7-9)8-1-3-12-4-2-8/h1-4,9-10H,5-7,11H2. The van der Waals surface area contributed by atoms with E-state index in [-0.39, 0.29) is 0 Å². The minimum absolute atomic E-state index is 0.381. The molecule has 2 heterocycles. The number of rotatable bonds is 4. The van der Waals surface area contributed by atoms with Crippen molar-refractivity contribution in [3.8, 4) is 0 Å². The number of hydrogen-bond acceptors (Lipinski definition) is 4. The van der Waals surface area contributed by atoms with Crippen molar-refractivity contribution in [3.05, 3.63) is 30.1 Å². The summed E-state index contributed by atoms with van der Waals surface area (Å²) in [5.41, 5.74) is 7.01.